The lowest BCUT2D eigenvalue weighted by molar-refractivity contribution is 0.357. The average molecular weight is 241 g/mol. The maximum atomic E-state index is 13.1. The van der Waals surface area contributed by atoms with Crippen LogP contribution in [0, 0.1) is 5.82 Å². The van der Waals surface area contributed by atoms with Gasteiger partial charge >= 0.3 is 0 Å². The number of hydrogen-bond donors (Lipinski definition) is 0. The van der Waals surface area contributed by atoms with Gasteiger partial charge < -0.3 is 0 Å². The highest BCUT2D eigenvalue weighted by molar-refractivity contribution is 5.87. The van der Waals surface area contributed by atoms with Crippen molar-refractivity contribution in [3.8, 4) is 0 Å². The van der Waals surface area contributed by atoms with Crippen LogP contribution in [-0.2, 0) is 0 Å². The molecule has 0 aromatic heterocycles. The molecule has 3 rings (SSSR count). The molecule has 1 atom stereocenters. The summed E-state index contributed by atoms with van der Waals surface area (Å²) in [7, 11) is 2.13. The van der Waals surface area contributed by atoms with Gasteiger partial charge in [-0.15, -0.1) is 0 Å². The molecule has 0 radical (unpaired) electrons. The molecule has 1 aliphatic heterocycles. The Bertz CT molecular complexity index is 630. The van der Waals surface area contributed by atoms with Crippen LogP contribution in [0.25, 0.3) is 16.3 Å². The molecular weight excluding hydrogens is 225 g/mol. The normalized spacial score (nSPS) is 20.4. The van der Waals surface area contributed by atoms with E-state index in [9.17, 15) is 4.39 Å². The van der Waals surface area contributed by atoms with E-state index in [1.165, 1.54) is 17.2 Å². The van der Waals surface area contributed by atoms with E-state index in [4.69, 9.17) is 0 Å². The van der Waals surface area contributed by atoms with Crippen molar-refractivity contribution in [2.75, 3.05) is 13.6 Å². The van der Waals surface area contributed by atoms with Crippen molar-refractivity contribution in [2.24, 2.45) is 0 Å². The Hall–Kier alpha value is -1.67. The summed E-state index contributed by atoms with van der Waals surface area (Å²) in [6.07, 6.45) is 2.27. The average Bonchev–Trinajstić information content (AvgIpc) is 2.69. The molecule has 2 heteroatoms. The number of benzene rings is 2. The summed E-state index contributed by atoms with van der Waals surface area (Å²) in [6.45, 7) is 3.21. The number of nitrogens with zero attached hydrogens (tertiary/aromatic N) is 1. The smallest absolute Gasteiger partial charge is 0.123 e. The van der Waals surface area contributed by atoms with E-state index in [0.29, 0.717) is 6.04 Å². The number of hydrogen-bond acceptors (Lipinski definition) is 1. The quantitative estimate of drug-likeness (QED) is 0.736. The summed E-state index contributed by atoms with van der Waals surface area (Å²) in [5.74, 6) is -0.177. The first-order valence-electron chi connectivity index (χ1n) is 6.25. The number of likely N-dealkylation sites (N-methyl/N-ethyl adjacent to an activating group) is 1. The fourth-order valence-corrected chi connectivity index (χ4v) is 2.56. The van der Waals surface area contributed by atoms with Crippen molar-refractivity contribution in [3.63, 3.8) is 0 Å². The Morgan fingerprint density at radius 1 is 1.11 bits per heavy atom. The molecule has 1 unspecified atom stereocenters. The highest BCUT2D eigenvalue weighted by atomic mass is 19.1. The maximum absolute atomic E-state index is 13.1. The Balaban J connectivity index is 2.07. The first kappa shape index (κ1) is 11.4. The Labute approximate surface area is 107 Å². The summed E-state index contributed by atoms with van der Waals surface area (Å²) in [5, 5.41) is 2.05. The number of halogens is 1. The highest BCUT2D eigenvalue weighted by Gasteiger charge is 2.20. The maximum Gasteiger partial charge on any atom is 0.123 e. The zero-order chi connectivity index (χ0) is 12.7. The van der Waals surface area contributed by atoms with E-state index < -0.39 is 0 Å². The Morgan fingerprint density at radius 3 is 2.56 bits per heavy atom. The standard InChI is InChI=1S/C16H16FN/c1-11-16(7-8-18(11)2)14-4-3-13-10-15(17)6-5-12(13)9-14/h3-7,9-11H,8H2,1-2H3. The van der Waals surface area contributed by atoms with Crippen LogP contribution in [0.2, 0.25) is 0 Å². The molecule has 92 valence electrons. The van der Waals surface area contributed by atoms with E-state index >= 15 is 0 Å². The molecule has 0 saturated heterocycles. The Morgan fingerprint density at radius 2 is 1.83 bits per heavy atom. The van der Waals surface area contributed by atoms with Crippen LogP contribution in [0.5, 0.6) is 0 Å². The van der Waals surface area contributed by atoms with E-state index in [1.807, 2.05) is 12.1 Å². The van der Waals surface area contributed by atoms with Gasteiger partial charge in [0.15, 0.2) is 0 Å². The van der Waals surface area contributed by atoms with Crippen LogP contribution in [-0.4, -0.2) is 24.5 Å². The minimum absolute atomic E-state index is 0.177. The highest BCUT2D eigenvalue weighted by Crippen LogP contribution is 2.29. The molecule has 0 fully saturated rings. The van der Waals surface area contributed by atoms with Gasteiger partial charge in [-0.05, 0) is 54.1 Å². The molecule has 0 amide bonds. The zero-order valence-electron chi connectivity index (χ0n) is 10.7. The molecule has 18 heavy (non-hydrogen) atoms. The third-order valence-electron chi connectivity index (χ3n) is 3.85. The topological polar surface area (TPSA) is 3.24 Å². The molecule has 2 aromatic rings. The predicted molar refractivity (Wildman–Crippen MR) is 74.0 cm³/mol. The van der Waals surface area contributed by atoms with Crippen LogP contribution in [0.4, 0.5) is 4.39 Å². The third kappa shape index (κ3) is 1.83. The zero-order valence-corrected chi connectivity index (χ0v) is 10.7. The molecule has 0 N–H and O–H groups in total. The summed E-state index contributed by atoms with van der Waals surface area (Å²) >= 11 is 0. The van der Waals surface area contributed by atoms with Crippen molar-refractivity contribution >= 4 is 16.3 Å². The van der Waals surface area contributed by atoms with Crippen molar-refractivity contribution in [3.05, 3.63) is 53.9 Å². The van der Waals surface area contributed by atoms with E-state index in [-0.39, 0.29) is 5.82 Å². The SMILES string of the molecule is CC1C(c2ccc3cc(F)ccc3c2)=CCN1C. The monoisotopic (exact) mass is 241 g/mol. The van der Waals surface area contributed by atoms with Crippen LogP contribution < -0.4 is 0 Å². The fraction of sp³-hybridized carbons (Fsp3) is 0.250. The minimum Gasteiger partial charge on any atom is -0.296 e. The molecule has 1 heterocycles. The molecular formula is C16H16FN. The molecule has 1 nitrogen and oxygen atoms in total. The van der Waals surface area contributed by atoms with Gasteiger partial charge in [0.2, 0.25) is 0 Å². The first-order chi connectivity index (χ1) is 8.65. The van der Waals surface area contributed by atoms with Crippen molar-refractivity contribution in [1.82, 2.24) is 4.90 Å². The van der Waals surface area contributed by atoms with Crippen molar-refractivity contribution in [2.45, 2.75) is 13.0 Å². The van der Waals surface area contributed by atoms with E-state index in [0.717, 1.165) is 17.3 Å². The Kier molecular flexibility index (Phi) is 2.67. The van der Waals surface area contributed by atoms with Crippen molar-refractivity contribution < 1.29 is 4.39 Å². The third-order valence-corrected chi connectivity index (χ3v) is 3.85. The van der Waals surface area contributed by atoms with Gasteiger partial charge in [0, 0.05) is 12.6 Å². The summed E-state index contributed by atoms with van der Waals surface area (Å²) in [5.41, 5.74) is 2.61. The predicted octanol–water partition coefficient (Wildman–Crippen LogP) is 3.70. The van der Waals surface area contributed by atoms with Gasteiger partial charge in [-0.25, -0.2) is 4.39 Å². The number of fused-ring (bicyclic) bond motifs is 1. The van der Waals surface area contributed by atoms with Gasteiger partial charge in [-0.1, -0.05) is 24.3 Å². The second kappa shape index (κ2) is 4.21. The molecule has 2 aromatic carbocycles. The van der Waals surface area contributed by atoms with Crippen LogP contribution in [0.3, 0.4) is 0 Å². The lowest BCUT2D eigenvalue weighted by Crippen LogP contribution is -2.24. The summed E-state index contributed by atoms with van der Waals surface area (Å²) in [4.78, 5) is 2.31. The van der Waals surface area contributed by atoms with Gasteiger partial charge in [0.05, 0.1) is 0 Å². The van der Waals surface area contributed by atoms with Crippen molar-refractivity contribution in [1.29, 1.82) is 0 Å². The second-order valence-electron chi connectivity index (χ2n) is 4.98. The largest absolute Gasteiger partial charge is 0.296 e. The van der Waals surface area contributed by atoms with Crippen LogP contribution >= 0.6 is 0 Å². The first-order valence-corrected chi connectivity index (χ1v) is 6.25. The lowest BCUT2D eigenvalue weighted by Gasteiger charge is -2.18. The summed E-state index contributed by atoms with van der Waals surface area (Å²) < 4.78 is 13.1. The molecule has 0 bridgehead atoms. The minimum atomic E-state index is -0.177. The van der Waals surface area contributed by atoms with Crippen LogP contribution in [0.1, 0.15) is 12.5 Å². The van der Waals surface area contributed by atoms with Gasteiger partial charge in [-0.3, -0.25) is 4.90 Å². The summed E-state index contributed by atoms with van der Waals surface area (Å²) in [6, 6.07) is 11.6. The molecule has 0 spiro atoms. The lowest BCUT2D eigenvalue weighted by atomic mass is 9.98. The molecule has 1 aliphatic rings. The van der Waals surface area contributed by atoms with E-state index in [2.05, 4.69) is 37.1 Å². The van der Waals surface area contributed by atoms with Gasteiger partial charge in [-0.2, -0.15) is 0 Å². The van der Waals surface area contributed by atoms with Gasteiger partial charge in [0.1, 0.15) is 5.82 Å². The molecule has 0 saturated carbocycles. The van der Waals surface area contributed by atoms with Gasteiger partial charge in [0.25, 0.3) is 0 Å². The van der Waals surface area contributed by atoms with Crippen LogP contribution in [0.15, 0.2) is 42.5 Å². The number of rotatable bonds is 1. The van der Waals surface area contributed by atoms with E-state index in [1.54, 1.807) is 6.07 Å². The fourth-order valence-electron chi connectivity index (χ4n) is 2.56. The second-order valence-corrected chi connectivity index (χ2v) is 4.98. The molecule has 0 aliphatic carbocycles.